The van der Waals surface area contributed by atoms with E-state index in [0.717, 1.165) is 0 Å². The Morgan fingerprint density at radius 1 is 1.42 bits per heavy atom. The van der Waals surface area contributed by atoms with E-state index in [4.69, 9.17) is 5.11 Å². The molecule has 0 unspecified atom stereocenters. The van der Waals surface area contributed by atoms with Gasteiger partial charge in [-0.1, -0.05) is 0 Å². The number of aromatic carboxylic acids is 1. The Kier molecular flexibility index (Phi) is 1.99. The fraction of sp³-hybridized carbons (Fsp3) is 0. The molecule has 0 atom stereocenters. The number of carboxylic acids is 1. The Bertz CT molecular complexity index is 340. The van der Waals surface area contributed by atoms with Crippen molar-refractivity contribution < 1.29 is 23.1 Å². The normalized spacial score (nSPS) is 9.92. The zero-order valence-corrected chi connectivity index (χ0v) is 5.51. The number of carboxylic acid groups (broad SMARTS) is 1. The summed E-state index contributed by atoms with van der Waals surface area (Å²) in [5, 5.41) is 8.21. The van der Waals surface area contributed by atoms with Gasteiger partial charge in [0.2, 0.25) is 5.95 Å². The Labute approximate surface area is 64.5 Å². The fourth-order valence-corrected chi connectivity index (χ4v) is 0.624. The van der Waals surface area contributed by atoms with Crippen LogP contribution in [0.1, 0.15) is 10.4 Å². The van der Waals surface area contributed by atoms with E-state index in [9.17, 15) is 18.0 Å². The molecule has 0 aromatic carbocycles. The molecule has 0 spiro atoms. The van der Waals surface area contributed by atoms with Crippen molar-refractivity contribution in [2.75, 3.05) is 0 Å². The van der Waals surface area contributed by atoms with Crippen molar-refractivity contribution in [2.24, 2.45) is 0 Å². The summed E-state index contributed by atoms with van der Waals surface area (Å²) in [6.07, 6.45) is 0. The number of aromatic nitrogens is 1. The van der Waals surface area contributed by atoms with Gasteiger partial charge in [-0.05, 0) is 0 Å². The van der Waals surface area contributed by atoms with Gasteiger partial charge in [0.25, 0.3) is 5.95 Å². The van der Waals surface area contributed by atoms with Crippen LogP contribution in [0.3, 0.4) is 0 Å². The summed E-state index contributed by atoms with van der Waals surface area (Å²) in [5.41, 5.74) is -1.07. The number of halogens is 3. The lowest BCUT2D eigenvalue weighted by atomic mass is 10.2. The molecule has 0 aliphatic heterocycles. The van der Waals surface area contributed by atoms with Gasteiger partial charge in [0.15, 0.2) is 5.82 Å². The van der Waals surface area contributed by atoms with Crippen LogP contribution in [0.25, 0.3) is 0 Å². The molecule has 1 rings (SSSR count). The van der Waals surface area contributed by atoms with Gasteiger partial charge in [-0.25, -0.2) is 9.18 Å². The van der Waals surface area contributed by atoms with Crippen molar-refractivity contribution >= 4 is 5.97 Å². The predicted octanol–water partition coefficient (Wildman–Crippen LogP) is 1.20. The number of rotatable bonds is 1. The number of hydrogen-bond acceptors (Lipinski definition) is 2. The monoisotopic (exact) mass is 177 g/mol. The third-order valence-electron chi connectivity index (χ3n) is 1.12. The minimum absolute atomic E-state index is 0.306. The summed E-state index contributed by atoms with van der Waals surface area (Å²) < 4.78 is 36.8. The van der Waals surface area contributed by atoms with Crippen LogP contribution in [-0.2, 0) is 0 Å². The molecule has 0 saturated carbocycles. The maximum absolute atomic E-state index is 12.4. The van der Waals surface area contributed by atoms with Crippen molar-refractivity contribution in [3.63, 3.8) is 0 Å². The number of hydrogen-bond donors (Lipinski definition) is 1. The van der Waals surface area contributed by atoms with Crippen LogP contribution in [0.15, 0.2) is 6.07 Å². The topological polar surface area (TPSA) is 50.2 Å². The fourth-order valence-electron chi connectivity index (χ4n) is 0.624. The highest BCUT2D eigenvalue weighted by atomic mass is 19.2. The summed E-state index contributed by atoms with van der Waals surface area (Å²) >= 11 is 0. The van der Waals surface area contributed by atoms with Gasteiger partial charge in [-0.2, -0.15) is 13.8 Å². The van der Waals surface area contributed by atoms with E-state index in [1.807, 2.05) is 0 Å². The average Bonchev–Trinajstić information content (AvgIpc) is 1.96. The van der Waals surface area contributed by atoms with Crippen LogP contribution in [0, 0.1) is 17.7 Å². The first kappa shape index (κ1) is 8.51. The van der Waals surface area contributed by atoms with E-state index in [1.165, 1.54) is 0 Å². The number of carbonyl (C=O) groups is 1. The molecule has 0 saturated heterocycles. The molecule has 64 valence electrons. The molecule has 0 bridgehead atoms. The maximum atomic E-state index is 12.4. The molecule has 0 radical (unpaired) electrons. The summed E-state index contributed by atoms with van der Waals surface area (Å²) in [6, 6.07) is 0.306. The zero-order chi connectivity index (χ0) is 9.30. The van der Waals surface area contributed by atoms with E-state index in [0.29, 0.717) is 6.07 Å². The van der Waals surface area contributed by atoms with E-state index in [2.05, 4.69) is 4.98 Å². The van der Waals surface area contributed by atoms with Crippen molar-refractivity contribution in [1.29, 1.82) is 0 Å². The largest absolute Gasteiger partial charge is 0.478 e. The van der Waals surface area contributed by atoms with E-state index in [-0.39, 0.29) is 0 Å². The standard InChI is InChI=1S/C6H2F3NO2/c7-3-1-2(6(11)12)4(8)5(9)10-3/h1H,(H,11,12). The summed E-state index contributed by atoms with van der Waals surface area (Å²) in [4.78, 5) is 12.6. The Morgan fingerprint density at radius 3 is 2.50 bits per heavy atom. The quantitative estimate of drug-likeness (QED) is 0.655. The molecule has 1 aromatic heterocycles. The van der Waals surface area contributed by atoms with Gasteiger partial charge < -0.3 is 5.11 Å². The Hall–Kier alpha value is -1.59. The number of pyridine rings is 1. The summed E-state index contributed by atoms with van der Waals surface area (Å²) in [6.45, 7) is 0. The highest BCUT2D eigenvalue weighted by Gasteiger charge is 2.17. The predicted molar refractivity (Wildman–Crippen MR) is 31.1 cm³/mol. The second kappa shape index (κ2) is 2.80. The highest BCUT2D eigenvalue weighted by molar-refractivity contribution is 5.87. The van der Waals surface area contributed by atoms with Crippen LogP contribution in [0.2, 0.25) is 0 Å². The molecule has 0 amide bonds. The molecular formula is C6H2F3NO2. The molecule has 0 fully saturated rings. The molecule has 3 nitrogen and oxygen atoms in total. The smallest absolute Gasteiger partial charge is 0.339 e. The molecular weight excluding hydrogens is 175 g/mol. The Balaban J connectivity index is 3.37. The van der Waals surface area contributed by atoms with Gasteiger partial charge in [-0.15, -0.1) is 0 Å². The van der Waals surface area contributed by atoms with Crippen molar-refractivity contribution in [1.82, 2.24) is 4.98 Å². The lowest BCUT2D eigenvalue weighted by molar-refractivity contribution is 0.0689. The molecule has 0 aliphatic carbocycles. The second-order valence-electron chi connectivity index (χ2n) is 1.90. The van der Waals surface area contributed by atoms with Crippen LogP contribution >= 0.6 is 0 Å². The average molecular weight is 177 g/mol. The van der Waals surface area contributed by atoms with Gasteiger partial charge in [0, 0.05) is 6.07 Å². The highest BCUT2D eigenvalue weighted by Crippen LogP contribution is 2.10. The van der Waals surface area contributed by atoms with Crippen molar-refractivity contribution in [2.45, 2.75) is 0 Å². The van der Waals surface area contributed by atoms with Gasteiger partial charge in [0.05, 0.1) is 0 Å². The third-order valence-corrected chi connectivity index (χ3v) is 1.12. The van der Waals surface area contributed by atoms with Crippen LogP contribution in [0.5, 0.6) is 0 Å². The summed E-state index contributed by atoms with van der Waals surface area (Å²) in [5.74, 6) is -6.53. The first-order chi connectivity index (χ1) is 5.52. The maximum Gasteiger partial charge on any atom is 0.339 e. The second-order valence-corrected chi connectivity index (χ2v) is 1.90. The van der Waals surface area contributed by atoms with Gasteiger partial charge >= 0.3 is 5.97 Å². The first-order valence-corrected chi connectivity index (χ1v) is 2.77. The summed E-state index contributed by atoms with van der Waals surface area (Å²) in [7, 11) is 0. The third kappa shape index (κ3) is 1.36. The van der Waals surface area contributed by atoms with Gasteiger partial charge in [0.1, 0.15) is 5.56 Å². The van der Waals surface area contributed by atoms with E-state index in [1.54, 1.807) is 0 Å². The molecule has 12 heavy (non-hydrogen) atoms. The van der Waals surface area contributed by atoms with E-state index < -0.39 is 29.2 Å². The number of nitrogens with zero attached hydrogens (tertiary/aromatic N) is 1. The van der Waals surface area contributed by atoms with Crippen molar-refractivity contribution in [3.8, 4) is 0 Å². The van der Waals surface area contributed by atoms with Crippen molar-refractivity contribution in [3.05, 3.63) is 29.3 Å². The first-order valence-electron chi connectivity index (χ1n) is 2.77. The molecule has 1 aromatic rings. The minimum Gasteiger partial charge on any atom is -0.478 e. The Morgan fingerprint density at radius 2 is 2.00 bits per heavy atom. The molecule has 1 heterocycles. The zero-order valence-electron chi connectivity index (χ0n) is 5.51. The van der Waals surface area contributed by atoms with E-state index >= 15 is 0 Å². The van der Waals surface area contributed by atoms with Crippen LogP contribution < -0.4 is 0 Å². The van der Waals surface area contributed by atoms with Crippen LogP contribution in [0.4, 0.5) is 13.2 Å². The van der Waals surface area contributed by atoms with Gasteiger partial charge in [-0.3, -0.25) is 0 Å². The molecule has 1 N–H and O–H groups in total. The lowest BCUT2D eigenvalue weighted by Gasteiger charge is -1.96. The molecule has 0 aliphatic rings. The van der Waals surface area contributed by atoms with Crippen LogP contribution in [-0.4, -0.2) is 16.1 Å². The molecule has 6 heteroatoms. The minimum atomic E-state index is -1.76. The SMILES string of the molecule is O=C(O)c1cc(F)nc(F)c1F. The lowest BCUT2D eigenvalue weighted by Crippen LogP contribution is -2.06.